The van der Waals surface area contributed by atoms with Crippen LogP contribution in [-0.2, 0) is 4.74 Å². The van der Waals surface area contributed by atoms with Gasteiger partial charge in [-0.25, -0.2) is 0 Å². The zero-order valence-corrected chi connectivity index (χ0v) is 16.8. The van der Waals surface area contributed by atoms with Crippen molar-refractivity contribution in [2.45, 2.75) is 12.5 Å². The van der Waals surface area contributed by atoms with Gasteiger partial charge in [0.2, 0.25) is 0 Å². The van der Waals surface area contributed by atoms with Gasteiger partial charge >= 0.3 is 0 Å². The Labute approximate surface area is 171 Å². The number of likely N-dealkylation sites (tertiary alicyclic amines) is 1. The van der Waals surface area contributed by atoms with Crippen molar-refractivity contribution in [2.24, 2.45) is 0 Å². The normalized spacial score (nSPS) is 16.7. The summed E-state index contributed by atoms with van der Waals surface area (Å²) in [7, 11) is 1.68. The SMILES string of the molecule is CO[C@H]1CCN(C(=O)c2cc(-c3ccccc3)c(=O)n3ccc4ccsc4c23)C1. The molecule has 29 heavy (non-hydrogen) atoms. The van der Waals surface area contributed by atoms with Crippen LogP contribution in [0.25, 0.3) is 26.7 Å². The van der Waals surface area contributed by atoms with Crippen molar-refractivity contribution in [3.05, 3.63) is 76.0 Å². The number of benzene rings is 1. The Morgan fingerprint density at radius 3 is 2.76 bits per heavy atom. The van der Waals surface area contributed by atoms with E-state index in [-0.39, 0.29) is 17.6 Å². The smallest absolute Gasteiger partial charge is 0.263 e. The highest BCUT2D eigenvalue weighted by Gasteiger charge is 2.29. The highest BCUT2D eigenvalue weighted by molar-refractivity contribution is 7.18. The molecule has 146 valence electrons. The maximum atomic E-state index is 13.5. The number of amides is 1. The summed E-state index contributed by atoms with van der Waals surface area (Å²) >= 11 is 1.55. The molecule has 0 saturated carbocycles. The summed E-state index contributed by atoms with van der Waals surface area (Å²) < 4.78 is 8.01. The van der Waals surface area contributed by atoms with Crippen LogP contribution in [0.2, 0.25) is 0 Å². The number of pyridine rings is 2. The number of carbonyl (C=O) groups is 1. The Balaban J connectivity index is 1.78. The molecule has 1 saturated heterocycles. The van der Waals surface area contributed by atoms with Crippen molar-refractivity contribution in [2.75, 3.05) is 20.2 Å². The first kappa shape index (κ1) is 18.1. The molecule has 5 nitrogen and oxygen atoms in total. The molecule has 1 fully saturated rings. The van der Waals surface area contributed by atoms with Crippen molar-refractivity contribution in [1.82, 2.24) is 9.30 Å². The minimum absolute atomic E-state index is 0.0554. The number of fused-ring (bicyclic) bond motifs is 3. The third-order valence-electron chi connectivity index (χ3n) is 5.63. The molecule has 1 atom stereocenters. The van der Waals surface area contributed by atoms with E-state index in [9.17, 15) is 9.59 Å². The molecule has 5 rings (SSSR count). The van der Waals surface area contributed by atoms with E-state index < -0.39 is 0 Å². The van der Waals surface area contributed by atoms with Crippen LogP contribution in [0.15, 0.2) is 64.9 Å². The zero-order valence-electron chi connectivity index (χ0n) is 16.0. The highest BCUT2D eigenvalue weighted by Crippen LogP contribution is 2.30. The molecule has 0 bridgehead atoms. The lowest BCUT2D eigenvalue weighted by molar-refractivity contribution is 0.0725. The zero-order chi connectivity index (χ0) is 20.0. The average molecular weight is 404 g/mol. The van der Waals surface area contributed by atoms with Gasteiger partial charge in [-0.2, -0.15) is 0 Å². The number of thiophene rings is 1. The van der Waals surface area contributed by atoms with Crippen LogP contribution in [0.3, 0.4) is 0 Å². The largest absolute Gasteiger partial charge is 0.380 e. The van der Waals surface area contributed by atoms with Crippen molar-refractivity contribution < 1.29 is 9.53 Å². The minimum atomic E-state index is -0.116. The summed E-state index contributed by atoms with van der Waals surface area (Å²) in [6, 6.07) is 15.2. The van der Waals surface area contributed by atoms with E-state index in [0.29, 0.717) is 29.7 Å². The molecule has 1 aliphatic rings. The standard InChI is InChI=1S/C23H20N2O3S/c1-28-17-8-10-24(14-17)22(26)19-13-18(15-5-3-2-4-6-15)23(27)25-11-7-16-9-12-29-21(16)20(19)25/h2-7,9,11-13,17H,8,10,14H2,1H3/t17-/m0/s1. The lowest BCUT2D eigenvalue weighted by Gasteiger charge is -2.19. The predicted octanol–water partition coefficient (Wildman–Crippen LogP) is 4.04. The average Bonchev–Trinajstić information content (AvgIpc) is 3.43. The van der Waals surface area contributed by atoms with Crippen molar-refractivity contribution in [3.8, 4) is 11.1 Å². The number of nitrogens with zero attached hydrogens (tertiary/aromatic N) is 2. The van der Waals surface area contributed by atoms with Gasteiger partial charge in [-0.3, -0.25) is 14.0 Å². The second kappa shape index (κ2) is 7.13. The minimum Gasteiger partial charge on any atom is -0.380 e. The molecule has 0 aliphatic carbocycles. The van der Waals surface area contributed by atoms with E-state index in [1.807, 2.05) is 52.7 Å². The van der Waals surface area contributed by atoms with Crippen LogP contribution in [0, 0.1) is 0 Å². The Bertz CT molecular complexity index is 1280. The lowest BCUT2D eigenvalue weighted by Crippen LogP contribution is -2.31. The molecule has 6 heteroatoms. The Morgan fingerprint density at radius 1 is 1.17 bits per heavy atom. The van der Waals surface area contributed by atoms with E-state index in [0.717, 1.165) is 22.1 Å². The number of rotatable bonds is 3. The first-order valence-corrected chi connectivity index (χ1v) is 10.5. The molecule has 0 radical (unpaired) electrons. The molecule has 1 aliphatic heterocycles. The summed E-state index contributed by atoms with van der Waals surface area (Å²) in [5, 5.41) is 3.03. The maximum Gasteiger partial charge on any atom is 0.263 e. The van der Waals surface area contributed by atoms with E-state index in [1.165, 1.54) is 0 Å². The van der Waals surface area contributed by atoms with E-state index in [1.54, 1.807) is 35.1 Å². The number of aromatic nitrogens is 1. The van der Waals surface area contributed by atoms with Gasteiger partial charge < -0.3 is 9.64 Å². The first-order chi connectivity index (χ1) is 14.2. The van der Waals surface area contributed by atoms with Gasteiger partial charge in [0.1, 0.15) is 0 Å². The molecule has 4 aromatic rings. The van der Waals surface area contributed by atoms with Gasteiger partial charge in [0, 0.05) is 32.0 Å². The monoisotopic (exact) mass is 404 g/mol. The van der Waals surface area contributed by atoms with Gasteiger partial charge in [-0.05, 0) is 40.9 Å². The van der Waals surface area contributed by atoms with Gasteiger partial charge in [0.05, 0.1) is 21.9 Å². The second-order valence-corrected chi connectivity index (χ2v) is 8.20. The van der Waals surface area contributed by atoms with Crippen LogP contribution in [0.4, 0.5) is 0 Å². The van der Waals surface area contributed by atoms with E-state index >= 15 is 0 Å². The van der Waals surface area contributed by atoms with Gasteiger partial charge in [0.15, 0.2) is 0 Å². The summed E-state index contributed by atoms with van der Waals surface area (Å²) in [4.78, 5) is 28.7. The quantitative estimate of drug-likeness (QED) is 0.518. The van der Waals surface area contributed by atoms with Crippen molar-refractivity contribution >= 4 is 32.8 Å². The summed E-state index contributed by atoms with van der Waals surface area (Å²) in [5.74, 6) is -0.0554. The number of hydrogen-bond acceptors (Lipinski definition) is 4. The van der Waals surface area contributed by atoms with Crippen LogP contribution in [0.1, 0.15) is 16.8 Å². The summed E-state index contributed by atoms with van der Waals surface area (Å²) in [5.41, 5.74) is 2.48. The summed E-state index contributed by atoms with van der Waals surface area (Å²) in [6.45, 7) is 1.23. The lowest BCUT2D eigenvalue weighted by atomic mass is 10.0. The fourth-order valence-electron chi connectivity index (χ4n) is 4.07. The Morgan fingerprint density at radius 2 is 2.00 bits per heavy atom. The number of hydrogen-bond donors (Lipinski definition) is 0. The van der Waals surface area contributed by atoms with E-state index in [4.69, 9.17) is 4.74 Å². The number of carbonyl (C=O) groups excluding carboxylic acids is 1. The summed E-state index contributed by atoms with van der Waals surface area (Å²) in [6.07, 6.45) is 2.66. The van der Waals surface area contributed by atoms with Gasteiger partial charge in [-0.1, -0.05) is 30.3 Å². The molecule has 4 heterocycles. The third-order valence-corrected chi connectivity index (χ3v) is 6.57. The Kier molecular flexibility index (Phi) is 4.45. The molecule has 0 spiro atoms. The molecule has 1 amide bonds. The number of ether oxygens (including phenoxy) is 1. The second-order valence-electron chi connectivity index (χ2n) is 7.28. The fraction of sp³-hybridized carbons (Fsp3) is 0.217. The van der Waals surface area contributed by atoms with Crippen LogP contribution in [0.5, 0.6) is 0 Å². The molecular formula is C23H20N2O3S. The topological polar surface area (TPSA) is 51.0 Å². The molecule has 0 N–H and O–H groups in total. The third kappa shape index (κ3) is 2.96. The first-order valence-electron chi connectivity index (χ1n) is 9.60. The van der Waals surface area contributed by atoms with Crippen molar-refractivity contribution in [1.29, 1.82) is 0 Å². The van der Waals surface area contributed by atoms with Crippen LogP contribution in [-0.4, -0.2) is 41.5 Å². The van der Waals surface area contributed by atoms with Gasteiger partial charge in [-0.15, -0.1) is 11.3 Å². The van der Waals surface area contributed by atoms with E-state index in [2.05, 4.69) is 0 Å². The fourth-order valence-corrected chi connectivity index (χ4v) is 5.01. The maximum absolute atomic E-state index is 13.5. The van der Waals surface area contributed by atoms with Crippen molar-refractivity contribution in [3.63, 3.8) is 0 Å². The highest BCUT2D eigenvalue weighted by atomic mass is 32.1. The Hall–Kier alpha value is -2.96. The number of methoxy groups -OCH3 is 1. The van der Waals surface area contributed by atoms with Crippen LogP contribution >= 0.6 is 11.3 Å². The van der Waals surface area contributed by atoms with Crippen LogP contribution < -0.4 is 5.56 Å². The molecular weight excluding hydrogens is 384 g/mol. The van der Waals surface area contributed by atoms with Gasteiger partial charge in [0.25, 0.3) is 11.5 Å². The molecule has 0 unspecified atom stereocenters. The molecule has 3 aromatic heterocycles. The molecule has 1 aromatic carbocycles. The predicted molar refractivity (Wildman–Crippen MR) is 116 cm³/mol.